The van der Waals surface area contributed by atoms with E-state index in [0.717, 1.165) is 44.9 Å². The van der Waals surface area contributed by atoms with Crippen molar-refractivity contribution in [3.05, 3.63) is 193 Å². The molecule has 0 spiro atoms. The first-order chi connectivity index (χ1) is 28.2. The summed E-state index contributed by atoms with van der Waals surface area (Å²) in [7, 11) is 0. The Balaban J connectivity index is 1.02. The van der Waals surface area contributed by atoms with Crippen LogP contribution in [0.4, 0.5) is 0 Å². The van der Waals surface area contributed by atoms with Gasteiger partial charge in [-0.3, -0.25) is 0 Å². The van der Waals surface area contributed by atoms with E-state index in [0.29, 0.717) is 17.5 Å². The Hall–Kier alpha value is -7.15. The van der Waals surface area contributed by atoms with Crippen molar-refractivity contribution in [2.24, 2.45) is 0 Å². The zero-order valence-corrected chi connectivity index (χ0v) is 31.4. The third-order valence-corrected chi connectivity index (χ3v) is 12.6. The molecule has 2 atom stereocenters. The average Bonchev–Trinajstić information content (AvgIpc) is 3.96. The van der Waals surface area contributed by atoms with Crippen LogP contribution in [0.2, 0.25) is 0 Å². The minimum atomic E-state index is -0.198. The van der Waals surface area contributed by atoms with Crippen molar-refractivity contribution in [3.8, 4) is 56.7 Å². The fraction of sp³-hybridized carbons (Fsp3) is 0.0392. The molecule has 0 saturated carbocycles. The van der Waals surface area contributed by atoms with Crippen LogP contribution in [0.3, 0.4) is 0 Å². The van der Waals surface area contributed by atoms with Crippen molar-refractivity contribution in [1.82, 2.24) is 19.5 Å². The van der Waals surface area contributed by atoms with Crippen LogP contribution >= 0.6 is 11.3 Å². The van der Waals surface area contributed by atoms with Gasteiger partial charge in [-0.1, -0.05) is 127 Å². The second kappa shape index (κ2) is 12.7. The van der Waals surface area contributed by atoms with Gasteiger partial charge in [0.15, 0.2) is 17.5 Å². The molecule has 10 aromatic rings. The fourth-order valence-electron chi connectivity index (χ4n) is 8.84. The normalized spacial score (nSPS) is 15.4. The van der Waals surface area contributed by atoms with E-state index in [2.05, 4.69) is 181 Å². The Morgan fingerprint density at radius 1 is 0.491 bits per heavy atom. The lowest BCUT2D eigenvalue weighted by Gasteiger charge is -2.22. The highest BCUT2D eigenvalue weighted by Gasteiger charge is 2.42. The Bertz CT molecular complexity index is 3220. The lowest BCUT2D eigenvalue weighted by atomic mass is 9.83. The van der Waals surface area contributed by atoms with Crippen LogP contribution in [0, 0.1) is 0 Å². The molecule has 2 unspecified atom stereocenters. The molecule has 6 heteroatoms. The molecule has 7 aromatic carbocycles. The van der Waals surface area contributed by atoms with E-state index in [1.807, 2.05) is 17.4 Å². The maximum absolute atomic E-state index is 6.99. The first-order valence-corrected chi connectivity index (χ1v) is 20.1. The molecule has 0 fully saturated rings. The Morgan fingerprint density at radius 2 is 1.14 bits per heavy atom. The molecule has 268 valence electrons. The number of nitrogens with zero attached hydrogens (tertiary/aromatic N) is 4. The summed E-state index contributed by atoms with van der Waals surface area (Å²) in [4.78, 5) is 15.7. The van der Waals surface area contributed by atoms with Crippen molar-refractivity contribution in [1.29, 1.82) is 0 Å². The third kappa shape index (κ3) is 5.11. The van der Waals surface area contributed by atoms with Gasteiger partial charge >= 0.3 is 0 Å². The highest BCUT2D eigenvalue weighted by molar-refractivity contribution is 7.25. The predicted molar refractivity (Wildman–Crippen MR) is 233 cm³/mol. The van der Waals surface area contributed by atoms with Crippen LogP contribution < -0.4 is 4.74 Å². The first kappa shape index (κ1) is 32.1. The molecule has 12 rings (SSSR count). The molecule has 5 nitrogen and oxygen atoms in total. The zero-order valence-electron chi connectivity index (χ0n) is 30.6. The lowest BCUT2D eigenvalue weighted by molar-refractivity contribution is 0.224. The summed E-state index contributed by atoms with van der Waals surface area (Å²) in [5.41, 5.74) is 10.9. The summed E-state index contributed by atoms with van der Waals surface area (Å²) in [5.74, 6) is 2.73. The van der Waals surface area contributed by atoms with Crippen LogP contribution in [0.25, 0.3) is 88.1 Å². The SMILES string of the molecule is C1=CC2c3c(cccc3-c3nc(-c4ccc(-c5ccccc5)cc4)nc(-c4ccc5sc6ccccc6c5c4)n3)OC2c2c1n(-c1ccccc1)c1ccccc21. The van der Waals surface area contributed by atoms with Crippen LogP contribution in [0.1, 0.15) is 28.8 Å². The highest BCUT2D eigenvalue weighted by Crippen LogP contribution is 2.55. The minimum absolute atomic E-state index is 0.0268. The zero-order chi connectivity index (χ0) is 37.5. The van der Waals surface area contributed by atoms with Crippen molar-refractivity contribution >= 4 is 48.5 Å². The van der Waals surface area contributed by atoms with Crippen LogP contribution in [-0.2, 0) is 0 Å². The molecule has 3 aromatic heterocycles. The summed E-state index contributed by atoms with van der Waals surface area (Å²) in [6, 6.07) is 59.6. The van der Waals surface area contributed by atoms with Gasteiger partial charge < -0.3 is 9.30 Å². The highest BCUT2D eigenvalue weighted by atomic mass is 32.1. The van der Waals surface area contributed by atoms with Gasteiger partial charge in [-0.15, -0.1) is 11.3 Å². The Morgan fingerprint density at radius 3 is 1.98 bits per heavy atom. The van der Waals surface area contributed by atoms with E-state index in [1.165, 1.54) is 42.2 Å². The van der Waals surface area contributed by atoms with E-state index < -0.39 is 0 Å². The van der Waals surface area contributed by atoms with Crippen molar-refractivity contribution in [2.45, 2.75) is 12.0 Å². The number of fused-ring (bicyclic) bond motifs is 10. The predicted octanol–water partition coefficient (Wildman–Crippen LogP) is 13.1. The molecule has 4 heterocycles. The Labute approximate surface area is 332 Å². The lowest BCUT2D eigenvalue weighted by Crippen LogP contribution is -2.14. The van der Waals surface area contributed by atoms with Crippen molar-refractivity contribution < 1.29 is 4.74 Å². The fourth-order valence-corrected chi connectivity index (χ4v) is 9.93. The number of hydrogen-bond acceptors (Lipinski definition) is 5. The summed E-state index contributed by atoms with van der Waals surface area (Å²) < 4.78 is 11.9. The number of rotatable bonds is 5. The molecular formula is C51H32N4OS. The molecule has 0 radical (unpaired) electrons. The summed E-state index contributed by atoms with van der Waals surface area (Å²) in [5, 5.41) is 3.65. The van der Waals surface area contributed by atoms with Crippen molar-refractivity contribution in [2.75, 3.05) is 0 Å². The van der Waals surface area contributed by atoms with Crippen LogP contribution in [0.15, 0.2) is 176 Å². The van der Waals surface area contributed by atoms with E-state index in [-0.39, 0.29) is 12.0 Å². The maximum Gasteiger partial charge on any atom is 0.164 e. The summed E-state index contributed by atoms with van der Waals surface area (Å²) in [6.07, 6.45) is 4.39. The standard InChI is InChI=1S/C51H32N4OS/c1-3-12-31(13-4-1)32-22-24-33(25-23-32)49-52-50(34-26-29-45-40(30-34)36-16-8-10-21-44(36)57-45)54-51(53-49)39-18-11-20-43-46(39)38-27-28-42-47(48(38)56-43)37-17-7-9-19-41(37)55(42)35-14-5-2-6-15-35/h1-30,38,48H. The van der Waals surface area contributed by atoms with Crippen LogP contribution in [-0.4, -0.2) is 19.5 Å². The number of benzene rings is 7. The molecule has 0 bridgehead atoms. The largest absolute Gasteiger partial charge is 0.484 e. The number of para-hydroxylation sites is 2. The maximum atomic E-state index is 6.99. The molecule has 0 saturated heterocycles. The van der Waals surface area contributed by atoms with Crippen molar-refractivity contribution in [3.63, 3.8) is 0 Å². The van der Waals surface area contributed by atoms with Gasteiger partial charge in [0, 0.05) is 65.0 Å². The van der Waals surface area contributed by atoms with E-state index >= 15 is 0 Å². The summed E-state index contributed by atoms with van der Waals surface area (Å²) in [6.45, 7) is 0. The van der Waals surface area contributed by atoms with Gasteiger partial charge in [0.25, 0.3) is 0 Å². The molecule has 0 N–H and O–H groups in total. The number of aromatic nitrogens is 4. The number of hydrogen-bond donors (Lipinski definition) is 0. The Kier molecular flexibility index (Phi) is 7.16. The molecular weight excluding hydrogens is 717 g/mol. The van der Waals surface area contributed by atoms with E-state index in [9.17, 15) is 0 Å². The van der Waals surface area contributed by atoms with Gasteiger partial charge in [0.1, 0.15) is 11.9 Å². The number of ether oxygens (including phenoxy) is 1. The quantitative estimate of drug-likeness (QED) is 0.176. The monoisotopic (exact) mass is 748 g/mol. The van der Waals surface area contributed by atoms with Gasteiger partial charge in [-0.2, -0.15) is 0 Å². The van der Waals surface area contributed by atoms with E-state index in [1.54, 1.807) is 0 Å². The molecule has 1 aliphatic carbocycles. The van der Waals surface area contributed by atoms with Crippen LogP contribution in [0.5, 0.6) is 5.75 Å². The van der Waals surface area contributed by atoms with Gasteiger partial charge in [0.2, 0.25) is 0 Å². The van der Waals surface area contributed by atoms with E-state index in [4.69, 9.17) is 19.7 Å². The molecule has 1 aliphatic heterocycles. The second-order valence-electron chi connectivity index (χ2n) is 14.7. The second-order valence-corrected chi connectivity index (χ2v) is 15.8. The molecule has 0 amide bonds. The average molecular weight is 749 g/mol. The smallest absolute Gasteiger partial charge is 0.164 e. The third-order valence-electron chi connectivity index (χ3n) is 11.5. The van der Waals surface area contributed by atoms with Gasteiger partial charge in [-0.25, -0.2) is 15.0 Å². The van der Waals surface area contributed by atoms with Gasteiger partial charge in [-0.05, 0) is 65.7 Å². The molecule has 2 aliphatic rings. The minimum Gasteiger partial charge on any atom is -0.484 e. The first-order valence-electron chi connectivity index (χ1n) is 19.3. The van der Waals surface area contributed by atoms with Gasteiger partial charge in [0.05, 0.1) is 11.2 Å². The summed E-state index contributed by atoms with van der Waals surface area (Å²) >= 11 is 1.81. The molecule has 57 heavy (non-hydrogen) atoms. The topological polar surface area (TPSA) is 52.8 Å². The number of thiophene rings is 1.